The number of imidazole rings is 1. The topological polar surface area (TPSA) is 116 Å². The maximum Gasteiger partial charge on any atom is 0.182 e. The summed E-state index contributed by atoms with van der Waals surface area (Å²) in [6, 6.07) is 23.2. The van der Waals surface area contributed by atoms with Crippen molar-refractivity contribution in [2.75, 3.05) is 18.6 Å². The Kier molecular flexibility index (Phi) is 6.73. The number of sulfone groups is 1. The molecule has 0 radical (unpaired) electrons. The Labute approximate surface area is 247 Å². The molecule has 0 aliphatic carbocycles. The molecular weight excluding hydrogens is 567 g/mol. The molecule has 1 aliphatic heterocycles. The van der Waals surface area contributed by atoms with Gasteiger partial charge in [-0.2, -0.15) is 5.10 Å². The fraction of sp³-hybridized carbons (Fsp3) is 0.188. The summed E-state index contributed by atoms with van der Waals surface area (Å²) in [5.74, 6) is 1.72. The number of benzene rings is 3. The van der Waals surface area contributed by atoms with Crippen LogP contribution in [0.15, 0.2) is 85.1 Å². The molecular formula is C32H27FN6O3S. The minimum absolute atomic E-state index is 0.0150. The number of aromatic nitrogens is 6. The van der Waals surface area contributed by atoms with Crippen LogP contribution in [0.4, 0.5) is 4.39 Å². The van der Waals surface area contributed by atoms with E-state index in [1.54, 1.807) is 23.9 Å². The SMILES string of the molecule is COc1ccc(Cc2nc(-c3cn(C4CCS(=O)(=O)C4)nc3-c3ccc(F)cc3)c3[nH]c(-c4ccccc4)nc3n2)cc1. The highest BCUT2D eigenvalue weighted by Gasteiger charge is 2.31. The fourth-order valence-corrected chi connectivity index (χ4v) is 7.14. The number of hydrogen-bond donors (Lipinski definition) is 1. The molecule has 0 bridgehead atoms. The van der Waals surface area contributed by atoms with E-state index in [9.17, 15) is 12.8 Å². The predicted molar refractivity (Wildman–Crippen MR) is 162 cm³/mol. The molecule has 0 spiro atoms. The van der Waals surface area contributed by atoms with Crippen molar-refractivity contribution in [3.05, 3.63) is 102 Å². The summed E-state index contributed by atoms with van der Waals surface area (Å²) in [5, 5.41) is 4.86. The molecule has 4 heterocycles. The second-order valence-corrected chi connectivity index (χ2v) is 12.8. The van der Waals surface area contributed by atoms with Gasteiger partial charge in [-0.15, -0.1) is 0 Å². The van der Waals surface area contributed by atoms with Gasteiger partial charge in [0.1, 0.15) is 40.1 Å². The van der Waals surface area contributed by atoms with Crippen molar-refractivity contribution in [3.63, 3.8) is 0 Å². The fourth-order valence-electron chi connectivity index (χ4n) is 5.43. The third kappa shape index (κ3) is 5.39. The van der Waals surface area contributed by atoms with Crippen molar-refractivity contribution in [2.24, 2.45) is 0 Å². The number of ether oxygens (including phenoxy) is 1. The van der Waals surface area contributed by atoms with Crippen LogP contribution >= 0.6 is 0 Å². The molecule has 1 aliphatic rings. The first-order valence-corrected chi connectivity index (χ1v) is 15.7. The monoisotopic (exact) mass is 594 g/mol. The Bertz CT molecular complexity index is 2040. The van der Waals surface area contributed by atoms with Crippen LogP contribution in [0.1, 0.15) is 23.9 Å². The maximum atomic E-state index is 13.9. The molecule has 216 valence electrons. The van der Waals surface area contributed by atoms with Crippen molar-refractivity contribution in [1.29, 1.82) is 0 Å². The third-order valence-corrected chi connectivity index (χ3v) is 9.40. The first-order chi connectivity index (χ1) is 20.8. The molecule has 3 aromatic carbocycles. The Morgan fingerprint density at radius 2 is 1.70 bits per heavy atom. The molecule has 11 heteroatoms. The lowest BCUT2D eigenvalue weighted by Crippen LogP contribution is -2.11. The van der Waals surface area contributed by atoms with E-state index in [-0.39, 0.29) is 23.4 Å². The molecule has 3 aromatic heterocycles. The van der Waals surface area contributed by atoms with E-state index in [0.29, 0.717) is 58.2 Å². The van der Waals surface area contributed by atoms with E-state index < -0.39 is 9.84 Å². The average Bonchev–Trinajstić information content (AvgIpc) is 3.75. The second-order valence-electron chi connectivity index (χ2n) is 10.6. The quantitative estimate of drug-likeness (QED) is 0.254. The van der Waals surface area contributed by atoms with E-state index in [1.807, 2.05) is 60.8 Å². The van der Waals surface area contributed by atoms with Gasteiger partial charge < -0.3 is 9.72 Å². The zero-order chi connectivity index (χ0) is 29.6. The van der Waals surface area contributed by atoms with Gasteiger partial charge in [-0.3, -0.25) is 4.68 Å². The minimum Gasteiger partial charge on any atom is -0.497 e. The highest BCUT2D eigenvalue weighted by atomic mass is 32.2. The molecule has 1 N–H and O–H groups in total. The number of aromatic amines is 1. The van der Waals surface area contributed by atoms with Crippen molar-refractivity contribution in [2.45, 2.75) is 18.9 Å². The van der Waals surface area contributed by atoms with Crippen LogP contribution in [-0.2, 0) is 16.3 Å². The molecule has 0 saturated carbocycles. The minimum atomic E-state index is -3.15. The molecule has 43 heavy (non-hydrogen) atoms. The molecule has 1 fully saturated rings. The number of fused-ring (bicyclic) bond motifs is 1. The van der Waals surface area contributed by atoms with Crippen molar-refractivity contribution in [1.82, 2.24) is 29.7 Å². The van der Waals surface area contributed by atoms with Crippen LogP contribution in [-0.4, -0.2) is 56.7 Å². The van der Waals surface area contributed by atoms with Gasteiger partial charge in [0.05, 0.1) is 24.7 Å². The number of rotatable bonds is 7. The highest BCUT2D eigenvalue weighted by molar-refractivity contribution is 7.91. The Morgan fingerprint density at radius 1 is 0.930 bits per heavy atom. The number of nitrogens with one attached hydrogen (secondary N) is 1. The number of nitrogens with zero attached hydrogens (tertiary/aromatic N) is 5. The molecule has 9 nitrogen and oxygen atoms in total. The summed E-state index contributed by atoms with van der Waals surface area (Å²) >= 11 is 0. The van der Waals surface area contributed by atoms with Gasteiger partial charge in [-0.1, -0.05) is 42.5 Å². The Balaban J connectivity index is 1.42. The van der Waals surface area contributed by atoms with Crippen LogP contribution in [0, 0.1) is 5.82 Å². The summed E-state index contributed by atoms with van der Waals surface area (Å²) in [5.41, 5.74) is 5.51. The van der Waals surface area contributed by atoms with E-state index in [1.165, 1.54) is 12.1 Å². The highest BCUT2D eigenvalue weighted by Crippen LogP contribution is 2.37. The van der Waals surface area contributed by atoms with Crippen LogP contribution in [0.3, 0.4) is 0 Å². The van der Waals surface area contributed by atoms with Gasteiger partial charge in [0.15, 0.2) is 15.5 Å². The predicted octanol–water partition coefficient (Wildman–Crippen LogP) is 5.65. The van der Waals surface area contributed by atoms with Gasteiger partial charge in [0.2, 0.25) is 0 Å². The summed E-state index contributed by atoms with van der Waals surface area (Å²) in [6.07, 6.45) is 2.75. The van der Waals surface area contributed by atoms with Crippen LogP contribution < -0.4 is 4.74 Å². The lowest BCUT2D eigenvalue weighted by atomic mass is 10.0. The number of halogens is 1. The van der Waals surface area contributed by atoms with E-state index >= 15 is 0 Å². The number of methoxy groups -OCH3 is 1. The van der Waals surface area contributed by atoms with E-state index in [2.05, 4.69) is 4.98 Å². The Morgan fingerprint density at radius 3 is 2.40 bits per heavy atom. The van der Waals surface area contributed by atoms with Gasteiger partial charge in [-0.05, 0) is 48.4 Å². The largest absolute Gasteiger partial charge is 0.497 e. The lowest BCUT2D eigenvalue weighted by molar-refractivity contribution is 0.414. The van der Waals surface area contributed by atoms with Crippen LogP contribution in [0.2, 0.25) is 0 Å². The van der Waals surface area contributed by atoms with E-state index in [4.69, 9.17) is 24.8 Å². The zero-order valence-electron chi connectivity index (χ0n) is 23.2. The van der Waals surface area contributed by atoms with E-state index in [0.717, 1.165) is 16.9 Å². The van der Waals surface area contributed by atoms with Gasteiger partial charge in [0.25, 0.3) is 0 Å². The standard InChI is InChI=1S/C32H27FN6O3S/c1-42-25-13-7-20(8-14-25)17-27-34-29(30-32(35-27)37-31(36-30)22-5-3-2-4-6-22)26-18-39(24-15-16-43(40,41)19-24)38-28(26)21-9-11-23(33)12-10-21/h2-14,18,24H,15-17,19H2,1H3,(H,34,35,36,37). The first-order valence-electron chi connectivity index (χ1n) is 13.9. The molecule has 7 rings (SSSR count). The van der Waals surface area contributed by atoms with Crippen LogP contribution in [0.25, 0.3) is 45.1 Å². The second kappa shape index (κ2) is 10.7. The number of H-pyrrole nitrogens is 1. The molecule has 1 atom stereocenters. The lowest BCUT2D eigenvalue weighted by Gasteiger charge is -2.08. The summed E-state index contributed by atoms with van der Waals surface area (Å²) in [6.45, 7) is 0. The Hall–Kier alpha value is -4.90. The molecule has 6 aromatic rings. The van der Waals surface area contributed by atoms with Gasteiger partial charge in [0, 0.05) is 29.3 Å². The molecule has 0 amide bonds. The first kappa shape index (κ1) is 27.0. The average molecular weight is 595 g/mol. The van der Waals surface area contributed by atoms with Crippen molar-refractivity contribution in [3.8, 4) is 39.7 Å². The molecule has 1 unspecified atom stereocenters. The van der Waals surface area contributed by atoms with Crippen molar-refractivity contribution < 1.29 is 17.5 Å². The summed E-state index contributed by atoms with van der Waals surface area (Å²) in [7, 11) is -1.53. The number of hydrogen-bond acceptors (Lipinski definition) is 7. The zero-order valence-corrected chi connectivity index (χ0v) is 24.1. The third-order valence-electron chi connectivity index (χ3n) is 7.65. The maximum absolute atomic E-state index is 13.9. The van der Waals surface area contributed by atoms with Crippen LogP contribution in [0.5, 0.6) is 5.75 Å². The summed E-state index contributed by atoms with van der Waals surface area (Å²) < 4.78 is 45.6. The van der Waals surface area contributed by atoms with Gasteiger partial charge >= 0.3 is 0 Å². The summed E-state index contributed by atoms with van der Waals surface area (Å²) in [4.78, 5) is 18.1. The normalized spacial score (nSPS) is 16.1. The smallest absolute Gasteiger partial charge is 0.182 e. The van der Waals surface area contributed by atoms with Gasteiger partial charge in [-0.25, -0.2) is 27.8 Å². The molecule has 1 saturated heterocycles. The van der Waals surface area contributed by atoms with Crippen molar-refractivity contribution >= 4 is 21.0 Å².